The van der Waals surface area contributed by atoms with E-state index in [-0.39, 0.29) is 5.91 Å². The minimum Gasteiger partial charge on any atom is -0.359 e. The standard InChI is InChI=1S/C12H17N3O/c1-9(13-2)7-15-8-12(16)14-10-5-3-4-6-11(10)15/h3-6,9,13H,7-8H2,1-2H3,(H,14,16). The lowest BCUT2D eigenvalue weighted by atomic mass is 10.1. The van der Waals surface area contributed by atoms with Gasteiger partial charge in [0.15, 0.2) is 0 Å². The fraction of sp³-hybridized carbons (Fsp3) is 0.417. The molecule has 1 aliphatic rings. The van der Waals surface area contributed by atoms with Crippen molar-refractivity contribution < 1.29 is 4.79 Å². The molecule has 2 N–H and O–H groups in total. The molecule has 0 bridgehead atoms. The summed E-state index contributed by atoms with van der Waals surface area (Å²) in [6.07, 6.45) is 0. The molecule has 1 aromatic carbocycles. The number of anilines is 2. The quantitative estimate of drug-likeness (QED) is 0.798. The first-order chi connectivity index (χ1) is 7.70. The van der Waals surface area contributed by atoms with Crippen LogP contribution in [0.4, 0.5) is 11.4 Å². The topological polar surface area (TPSA) is 44.4 Å². The Morgan fingerprint density at radius 1 is 1.50 bits per heavy atom. The summed E-state index contributed by atoms with van der Waals surface area (Å²) in [4.78, 5) is 13.6. The third-order valence-electron chi connectivity index (χ3n) is 2.84. The lowest BCUT2D eigenvalue weighted by Crippen LogP contribution is -2.44. The largest absolute Gasteiger partial charge is 0.359 e. The number of fused-ring (bicyclic) bond motifs is 1. The number of nitrogens with zero attached hydrogens (tertiary/aromatic N) is 1. The van der Waals surface area contributed by atoms with E-state index in [1.807, 2.05) is 31.3 Å². The summed E-state index contributed by atoms with van der Waals surface area (Å²) in [5, 5.41) is 6.06. The molecule has 86 valence electrons. The van der Waals surface area contributed by atoms with E-state index < -0.39 is 0 Å². The summed E-state index contributed by atoms with van der Waals surface area (Å²) < 4.78 is 0. The van der Waals surface area contributed by atoms with Gasteiger partial charge in [0.2, 0.25) is 5.91 Å². The van der Waals surface area contributed by atoms with Gasteiger partial charge in [-0.2, -0.15) is 0 Å². The summed E-state index contributed by atoms with van der Waals surface area (Å²) in [6, 6.07) is 8.26. The molecule has 0 aromatic heterocycles. The van der Waals surface area contributed by atoms with Crippen molar-refractivity contribution in [2.24, 2.45) is 0 Å². The number of para-hydroxylation sites is 2. The second-order valence-corrected chi connectivity index (χ2v) is 4.14. The first-order valence-corrected chi connectivity index (χ1v) is 5.52. The van der Waals surface area contributed by atoms with Crippen molar-refractivity contribution >= 4 is 17.3 Å². The lowest BCUT2D eigenvalue weighted by Gasteiger charge is -2.32. The molecule has 1 amide bonds. The molecule has 0 saturated heterocycles. The fourth-order valence-electron chi connectivity index (χ4n) is 1.89. The fourth-order valence-corrected chi connectivity index (χ4v) is 1.89. The summed E-state index contributed by atoms with van der Waals surface area (Å²) in [7, 11) is 1.93. The van der Waals surface area contributed by atoms with Crippen molar-refractivity contribution in [3.8, 4) is 0 Å². The van der Waals surface area contributed by atoms with Crippen molar-refractivity contribution in [3.05, 3.63) is 24.3 Å². The second kappa shape index (κ2) is 4.53. The van der Waals surface area contributed by atoms with Crippen molar-refractivity contribution in [3.63, 3.8) is 0 Å². The molecule has 0 spiro atoms. The smallest absolute Gasteiger partial charge is 0.243 e. The van der Waals surface area contributed by atoms with Crippen molar-refractivity contribution in [2.75, 3.05) is 30.4 Å². The van der Waals surface area contributed by atoms with Gasteiger partial charge in [0.25, 0.3) is 0 Å². The van der Waals surface area contributed by atoms with Gasteiger partial charge >= 0.3 is 0 Å². The van der Waals surface area contributed by atoms with E-state index in [9.17, 15) is 4.79 Å². The molecule has 1 aliphatic heterocycles. The Hall–Kier alpha value is -1.55. The van der Waals surface area contributed by atoms with Gasteiger partial charge in [0.1, 0.15) is 0 Å². The van der Waals surface area contributed by atoms with Crippen LogP contribution in [0.15, 0.2) is 24.3 Å². The van der Waals surface area contributed by atoms with Gasteiger partial charge in [0, 0.05) is 12.6 Å². The maximum absolute atomic E-state index is 11.5. The highest BCUT2D eigenvalue weighted by Gasteiger charge is 2.22. The second-order valence-electron chi connectivity index (χ2n) is 4.14. The Labute approximate surface area is 95.6 Å². The number of nitrogens with one attached hydrogen (secondary N) is 2. The van der Waals surface area contributed by atoms with Crippen LogP contribution in [0.2, 0.25) is 0 Å². The molecular formula is C12H17N3O. The monoisotopic (exact) mass is 219 g/mol. The van der Waals surface area contributed by atoms with Gasteiger partial charge in [-0.15, -0.1) is 0 Å². The van der Waals surface area contributed by atoms with Crippen LogP contribution in [0.5, 0.6) is 0 Å². The summed E-state index contributed by atoms with van der Waals surface area (Å²) in [5.74, 6) is 0.0574. The SMILES string of the molecule is CNC(C)CN1CC(=O)Nc2ccccc21. The number of hydrogen-bond acceptors (Lipinski definition) is 3. The molecule has 16 heavy (non-hydrogen) atoms. The zero-order valence-corrected chi connectivity index (χ0v) is 9.66. The summed E-state index contributed by atoms with van der Waals surface area (Å²) in [6.45, 7) is 3.37. The molecule has 4 heteroatoms. The Morgan fingerprint density at radius 2 is 2.25 bits per heavy atom. The molecule has 1 heterocycles. The normalized spacial score (nSPS) is 16.6. The number of benzene rings is 1. The molecule has 0 aliphatic carbocycles. The minimum absolute atomic E-state index is 0.0574. The maximum atomic E-state index is 11.5. The Bertz CT molecular complexity index is 392. The molecule has 0 fully saturated rings. The molecule has 1 atom stereocenters. The van der Waals surface area contributed by atoms with Crippen molar-refractivity contribution in [1.82, 2.24) is 5.32 Å². The van der Waals surface area contributed by atoms with Crippen LogP contribution >= 0.6 is 0 Å². The van der Waals surface area contributed by atoms with E-state index in [1.54, 1.807) is 0 Å². The third kappa shape index (κ3) is 2.17. The number of rotatable bonds is 3. The lowest BCUT2D eigenvalue weighted by molar-refractivity contribution is -0.115. The van der Waals surface area contributed by atoms with Crippen molar-refractivity contribution in [2.45, 2.75) is 13.0 Å². The highest BCUT2D eigenvalue weighted by molar-refractivity contribution is 6.01. The predicted octanol–water partition coefficient (Wildman–Crippen LogP) is 1.05. The number of hydrogen-bond donors (Lipinski definition) is 2. The zero-order valence-electron chi connectivity index (χ0n) is 9.66. The first-order valence-electron chi connectivity index (χ1n) is 5.52. The first kappa shape index (κ1) is 11.0. The van der Waals surface area contributed by atoms with E-state index in [1.165, 1.54) is 0 Å². The van der Waals surface area contributed by atoms with Crippen LogP contribution in [0.3, 0.4) is 0 Å². The molecule has 2 rings (SSSR count). The van der Waals surface area contributed by atoms with Crippen LogP contribution in [0.1, 0.15) is 6.92 Å². The Balaban J connectivity index is 2.23. The number of carbonyl (C=O) groups excluding carboxylic acids is 1. The van der Waals surface area contributed by atoms with Gasteiger partial charge in [-0.3, -0.25) is 4.79 Å². The van der Waals surface area contributed by atoms with Gasteiger partial charge < -0.3 is 15.5 Å². The predicted molar refractivity (Wildman–Crippen MR) is 65.8 cm³/mol. The van der Waals surface area contributed by atoms with E-state index in [4.69, 9.17) is 0 Å². The highest BCUT2D eigenvalue weighted by atomic mass is 16.2. The molecular weight excluding hydrogens is 202 g/mol. The summed E-state index contributed by atoms with van der Waals surface area (Å²) >= 11 is 0. The van der Waals surface area contributed by atoms with Gasteiger partial charge in [-0.25, -0.2) is 0 Å². The average molecular weight is 219 g/mol. The molecule has 1 aromatic rings. The molecule has 0 radical (unpaired) electrons. The van der Waals surface area contributed by atoms with Gasteiger partial charge in [-0.05, 0) is 26.1 Å². The molecule has 1 unspecified atom stereocenters. The summed E-state index contributed by atoms with van der Waals surface area (Å²) in [5.41, 5.74) is 2.01. The van der Waals surface area contributed by atoms with Crippen LogP contribution in [0, 0.1) is 0 Å². The van der Waals surface area contributed by atoms with Crippen LogP contribution < -0.4 is 15.5 Å². The van der Waals surface area contributed by atoms with Crippen LogP contribution in [-0.2, 0) is 4.79 Å². The van der Waals surface area contributed by atoms with Gasteiger partial charge in [-0.1, -0.05) is 12.1 Å². The highest BCUT2D eigenvalue weighted by Crippen LogP contribution is 2.28. The van der Waals surface area contributed by atoms with Gasteiger partial charge in [0.05, 0.1) is 17.9 Å². The Kier molecular flexibility index (Phi) is 3.10. The third-order valence-corrected chi connectivity index (χ3v) is 2.84. The Morgan fingerprint density at radius 3 is 3.00 bits per heavy atom. The van der Waals surface area contributed by atoms with Crippen molar-refractivity contribution in [1.29, 1.82) is 0 Å². The van der Waals surface area contributed by atoms with E-state index >= 15 is 0 Å². The molecule has 0 saturated carbocycles. The number of amides is 1. The average Bonchev–Trinajstić information content (AvgIpc) is 2.28. The zero-order chi connectivity index (χ0) is 11.5. The van der Waals surface area contributed by atoms with E-state index in [0.717, 1.165) is 17.9 Å². The maximum Gasteiger partial charge on any atom is 0.243 e. The van der Waals surface area contributed by atoms with E-state index in [2.05, 4.69) is 22.5 Å². The molecule has 4 nitrogen and oxygen atoms in total. The minimum atomic E-state index is 0.0574. The van der Waals surface area contributed by atoms with Crippen LogP contribution in [0.25, 0.3) is 0 Å². The van der Waals surface area contributed by atoms with Crippen LogP contribution in [-0.4, -0.2) is 32.1 Å². The number of likely N-dealkylation sites (N-methyl/N-ethyl adjacent to an activating group) is 1. The number of carbonyl (C=O) groups is 1. The van der Waals surface area contributed by atoms with E-state index in [0.29, 0.717) is 12.6 Å².